The average Bonchev–Trinajstić information content (AvgIpc) is 3.43. The minimum Gasteiger partial charge on any atom is -0.494 e. The number of fused-ring (bicyclic) bond motifs is 1. The number of nitrogens with one attached hydrogen (secondary N) is 2. The number of thioether (sulfide) groups is 1. The molecule has 3 fully saturated rings. The summed E-state index contributed by atoms with van der Waals surface area (Å²) >= 11 is 1.64. The van der Waals surface area contributed by atoms with E-state index in [9.17, 15) is 19.5 Å². The number of benzene rings is 1. The second kappa shape index (κ2) is 10.6. The molecular weight excluding hydrogens is 478 g/mol. The van der Waals surface area contributed by atoms with Crippen molar-refractivity contribution in [1.29, 1.82) is 0 Å². The second-order valence-corrected chi connectivity index (χ2v) is 12.0. The summed E-state index contributed by atoms with van der Waals surface area (Å²) in [6.07, 6.45) is 2.55. The van der Waals surface area contributed by atoms with Crippen molar-refractivity contribution >= 4 is 35.2 Å². The Morgan fingerprint density at radius 1 is 1.22 bits per heavy atom. The standard InChI is InChI=1S/C27H39N3O5S/c1-6-8-16(4)28-25(33)23-27-15(3)13-20(36-27)21(22(27)26(34)30(23)17(5)14-31)24(32)29-18-9-11-19(12-10-18)35-7-2/h9-12,15-17,20-23,31H,6-8,13-14H2,1-5H3,(H,28,33)(H,29,32)/t15?,16?,17-,20+,21-,22+,23?,27?/m1/s1. The Bertz CT molecular complexity index is 988. The Morgan fingerprint density at radius 3 is 2.53 bits per heavy atom. The first kappa shape index (κ1) is 26.8. The van der Waals surface area contributed by atoms with E-state index in [0.29, 0.717) is 12.3 Å². The third-order valence-electron chi connectivity index (χ3n) is 8.02. The molecule has 9 heteroatoms. The highest BCUT2D eigenvalue weighted by Gasteiger charge is 2.76. The maximum atomic E-state index is 14.0. The van der Waals surface area contributed by atoms with Crippen LogP contribution in [0.5, 0.6) is 5.75 Å². The number of aliphatic hydroxyl groups is 1. The lowest BCUT2D eigenvalue weighted by molar-refractivity contribution is -0.141. The molecule has 0 aromatic heterocycles. The maximum absolute atomic E-state index is 14.0. The number of carbonyl (C=O) groups is 3. The van der Waals surface area contributed by atoms with Gasteiger partial charge in [0.1, 0.15) is 11.8 Å². The van der Waals surface area contributed by atoms with Crippen LogP contribution in [-0.2, 0) is 14.4 Å². The number of nitrogens with zero attached hydrogens (tertiary/aromatic N) is 1. The molecule has 1 spiro atoms. The van der Waals surface area contributed by atoms with Gasteiger partial charge in [-0.15, -0.1) is 11.8 Å². The fourth-order valence-corrected chi connectivity index (χ4v) is 8.88. The molecule has 0 radical (unpaired) electrons. The molecule has 1 aromatic carbocycles. The van der Waals surface area contributed by atoms with E-state index in [0.717, 1.165) is 25.0 Å². The molecule has 3 N–H and O–H groups in total. The van der Waals surface area contributed by atoms with Crippen LogP contribution in [0.15, 0.2) is 24.3 Å². The Hall–Kier alpha value is -2.26. The molecule has 3 aliphatic heterocycles. The summed E-state index contributed by atoms with van der Waals surface area (Å²) in [4.78, 5) is 42.9. The van der Waals surface area contributed by atoms with E-state index in [4.69, 9.17) is 4.74 Å². The zero-order chi connectivity index (χ0) is 26.2. The van der Waals surface area contributed by atoms with Crippen LogP contribution in [0.2, 0.25) is 0 Å². The van der Waals surface area contributed by atoms with Crippen molar-refractivity contribution in [2.45, 2.75) is 82.0 Å². The van der Waals surface area contributed by atoms with E-state index < -0.39 is 28.7 Å². The predicted octanol–water partition coefficient (Wildman–Crippen LogP) is 3.05. The molecule has 198 valence electrons. The third kappa shape index (κ3) is 4.38. The van der Waals surface area contributed by atoms with Crippen molar-refractivity contribution in [1.82, 2.24) is 10.2 Å². The highest BCUT2D eigenvalue weighted by molar-refractivity contribution is 8.02. The molecule has 4 rings (SSSR count). The first-order chi connectivity index (χ1) is 17.2. The monoisotopic (exact) mass is 517 g/mol. The summed E-state index contributed by atoms with van der Waals surface area (Å²) < 4.78 is 4.79. The number of likely N-dealkylation sites (tertiary alicyclic amines) is 1. The molecule has 0 aliphatic carbocycles. The molecule has 3 saturated heterocycles. The summed E-state index contributed by atoms with van der Waals surface area (Å²) in [6, 6.07) is 5.95. The molecule has 2 bridgehead atoms. The lowest BCUT2D eigenvalue weighted by Crippen LogP contribution is -2.59. The number of anilines is 1. The van der Waals surface area contributed by atoms with Gasteiger partial charge in [0, 0.05) is 17.0 Å². The van der Waals surface area contributed by atoms with Crippen molar-refractivity contribution in [2.75, 3.05) is 18.5 Å². The van der Waals surface area contributed by atoms with Crippen LogP contribution in [0.25, 0.3) is 0 Å². The van der Waals surface area contributed by atoms with Crippen LogP contribution < -0.4 is 15.4 Å². The zero-order valence-corrected chi connectivity index (χ0v) is 22.6. The molecule has 4 unspecified atom stereocenters. The third-order valence-corrected chi connectivity index (χ3v) is 10.1. The Morgan fingerprint density at radius 2 is 1.92 bits per heavy atom. The Kier molecular flexibility index (Phi) is 7.90. The van der Waals surface area contributed by atoms with Gasteiger partial charge in [-0.2, -0.15) is 0 Å². The second-order valence-electron chi connectivity index (χ2n) is 10.5. The molecule has 3 aliphatic rings. The maximum Gasteiger partial charge on any atom is 0.244 e. The summed E-state index contributed by atoms with van der Waals surface area (Å²) in [6.45, 7) is 10.1. The minimum absolute atomic E-state index is 0.0167. The fraction of sp³-hybridized carbons (Fsp3) is 0.667. The number of ether oxygens (including phenoxy) is 1. The molecule has 1 aromatic rings. The van der Waals surface area contributed by atoms with Gasteiger partial charge in [0.25, 0.3) is 0 Å². The molecule has 8 nitrogen and oxygen atoms in total. The highest BCUT2D eigenvalue weighted by Crippen LogP contribution is 2.68. The Balaban J connectivity index is 1.64. The first-order valence-electron chi connectivity index (χ1n) is 13.1. The molecule has 0 saturated carbocycles. The van der Waals surface area contributed by atoms with Crippen LogP contribution >= 0.6 is 11.8 Å². The van der Waals surface area contributed by atoms with Crippen LogP contribution in [0.1, 0.15) is 53.9 Å². The van der Waals surface area contributed by atoms with Crippen LogP contribution in [0.4, 0.5) is 5.69 Å². The summed E-state index contributed by atoms with van der Waals surface area (Å²) in [5.74, 6) is -0.906. The normalized spacial score (nSPS) is 32.2. The van der Waals surface area contributed by atoms with Crippen molar-refractivity contribution in [3.63, 3.8) is 0 Å². The van der Waals surface area contributed by atoms with Crippen LogP contribution in [0, 0.1) is 17.8 Å². The van der Waals surface area contributed by atoms with Gasteiger partial charge in [-0.25, -0.2) is 0 Å². The number of hydrogen-bond acceptors (Lipinski definition) is 6. The van der Waals surface area contributed by atoms with Gasteiger partial charge in [0.2, 0.25) is 17.7 Å². The van der Waals surface area contributed by atoms with Gasteiger partial charge in [-0.3, -0.25) is 14.4 Å². The van der Waals surface area contributed by atoms with Gasteiger partial charge in [-0.05, 0) is 63.8 Å². The first-order valence-corrected chi connectivity index (χ1v) is 14.0. The van der Waals surface area contributed by atoms with Crippen molar-refractivity contribution in [3.8, 4) is 5.75 Å². The smallest absolute Gasteiger partial charge is 0.244 e. The topological polar surface area (TPSA) is 108 Å². The van der Waals surface area contributed by atoms with Crippen molar-refractivity contribution in [3.05, 3.63) is 24.3 Å². The quantitative estimate of drug-likeness (QED) is 0.440. The van der Waals surface area contributed by atoms with E-state index in [1.165, 1.54) is 0 Å². The van der Waals surface area contributed by atoms with Crippen LogP contribution in [0.3, 0.4) is 0 Å². The molecule has 3 heterocycles. The summed E-state index contributed by atoms with van der Waals surface area (Å²) in [7, 11) is 0. The number of carbonyl (C=O) groups excluding carboxylic acids is 3. The van der Waals surface area contributed by atoms with Crippen LogP contribution in [-0.4, -0.2) is 69.1 Å². The van der Waals surface area contributed by atoms with E-state index in [2.05, 4.69) is 24.5 Å². The van der Waals surface area contributed by atoms with E-state index >= 15 is 0 Å². The average molecular weight is 518 g/mol. The lowest BCUT2D eigenvalue weighted by atomic mass is 9.65. The molecule has 8 atom stereocenters. The Labute approximate surface area is 217 Å². The largest absolute Gasteiger partial charge is 0.494 e. The fourth-order valence-electron chi connectivity index (χ4n) is 6.47. The number of aliphatic hydroxyl groups excluding tert-OH is 1. The number of hydrogen-bond donors (Lipinski definition) is 3. The van der Waals surface area contributed by atoms with E-state index in [1.807, 2.05) is 13.8 Å². The van der Waals surface area contributed by atoms with E-state index in [1.54, 1.807) is 47.9 Å². The van der Waals surface area contributed by atoms with Gasteiger partial charge >= 0.3 is 0 Å². The van der Waals surface area contributed by atoms with Crippen molar-refractivity contribution < 1.29 is 24.2 Å². The van der Waals surface area contributed by atoms with Gasteiger partial charge < -0.3 is 25.4 Å². The number of amides is 3. The van der Waals surface area contributed by atoms with E-state index in [-0.39, 0.29) is 41.5 Å². The minimum atomic E-state index is -0.718. The summed E-state index contributed by atoms with van der Waals surface area (Å²) in [5, 5.41) is 16.1. The molecule has 3 amide bonds. The lowest BCUT2D eigenvalue weighted by Gasteiger charge is -2.40. The summed E-state index contributed by atoms with van der Waals surface area (Å²) in [5.41, 5.74) is 0.645. The molecular formula is C27H39N3O5S. The van der Waals surface area contributed by atoms with Crippen molar-refractivity contribution in [2.24, 2.45) is 17.8 Å². The molecule has 36 heavy (non-hydrogen) atoms. The predicted molar refractivity (Wildman–Crippen MR) is 141 cm³/mol. The SMILES string of the molecule is CCCC(C)NC(=O)C1N([C@H](C)CO)C(=O)[C@@H]2[C@H](C(=O)Nc3ccc(OCC)cc3)[C@@H]3CC(C)C12S3. The van der Waals surface area contributed by atoms with Gasteiger partial charge in [-0.1, -0.05) is 20.3 Å². The van der Waals surface area contributed by atoms with Gasteiger partial charge in [0.05, 0.1) is 35.8 Å². The van der Waals surface area contributed by atoms with Gasteiger partial charge in [0.15, 0.2) is 0 Å². The zero-order valence-electron chi connectivity index (χ0n) is 21.8. The number of rotatable bonds is 10. The highest BCUT2D eigenvalue weighted by atomic mass is 32.2.